The maximum Gasteiger partial charge on any atom is 0.293 e. The Labute approximate surface area is 68.6 Å². The highest BCUT2D eigenvalue weighted by molar-refractivity contribution is 5.36. The van der Waals surface area contributed by atoms with E-state index in [9.17, 15) is 4.79 Å². The molecule has 0 aromatic carbocycles. The summed E-state index contributed by atoms with van der Waals surface area (Å²) in [6, 6.07) is 0. The van der Waals surface area contributed by atoms with Crippen LogP contribution in [-0.4, -0.2) is 13.1 Å². The molecular formula is C9H16O2. The summed E-state index contributed by atoms with van der Waals surface area (Å²) in [5.41, 5.74) is 0. The van der Waals surface area contributed by atoms with Crippen molar-refractivity contribution in [2.24, 2.45) is 0 Å². The third kappa shape index (κ3) is 27.7. The second-order valence-electron chi connectivity index (χ2n) is 1.62. The average molecular weight is 156 g/mol. The molecule has 2 heteroatoms. The first-order valence-electron chi connectivity index (χ1n) is 3.66. The van der Waals surface area contributed by atoms with E-state index in [1.54, 1.807) is 13.0 Å². The lowest BCUT2D eigenvalue weighted by Crippen LogP contribution is -1.80. The van der Waals surface area contributed by atoms with E-state index in [-0.39, 0.29) is 0 Å². The highest BCUT2D eigenvalue weighted by Gasteiger charge is 1.60. The normalized spacial score (nSPS) is 8.18. The van der Waals surface area contributed by atoms with Crippen LogP contribution in [0.15, 0.2) is 24.8 Å². The molecule has 0 aliphatic rings. The largest absolute Gasteiger partial charge is 0.468 e. The van der Waals surface area contributed by atoms with Crippen molar-refractivity contribution in [1.82, 2.24) is 0 Å². The summed E-state index contributed by atoms with van der Waals surface area (Å²) >= 11 is 0. The van der Waals surface area contributed by atoms with Crippen LogP contribution < -0.4 is 0 Å². The first-order chi connectivity index (χ1) is 5.33. The number of carbonyl (C=O) groups excluding carboxylic acids is 1. The Balaban J connectivity index is 0. The Morgan fingerprint density at radius 1 is 1.45 bits per heavy atom. The Kier molecular flexibility index (Phi) is 18.3. The lowest BCUT2D eigenvalue weighted by atomic mass is 10.4. The van der Waals surface area contributed by atoms with Crippen molar-refractivity contribution in [2.45, 2.75) is 20.3 Å². The predicted octanol–water partition coefficient (Wildman–Crippen LogP) is 2.32. The molecule has 0 heterocycles. The fourth-order valence-electron chi connectivity index (χ4n) is 0.300. The molecule has 0 spiro atoms. The van der Waals surface area contributed by atoms with Crippen molar-refractivity contribution in [3.8, 4) is 0 Å². The monoisotopic (exact) mass is 156 g/mol. The quantitative estimate of drug-likeness (QED) is 0.461. The number of ether oxygens (including phenoxy) is 1. The predicted molar refractivity (Wildman–Crippen MR) is 47.3 cm³/mol. The molecule has 64 valence electrons. The van der Waals surface area contributed by atoms with Crippen LogP contribution in [0.3, 0.4) is 0 Å². The molecule has 0 aliphatic heterocycles. The lowest BCUT2D eigenvalue weighted by molar-refractivity contribution is -0.128. The van der Waals surface area contributed by atoms with Gasteiger partial charge in [-0.1, -0.05) is 31.7 Å². The third-order valence-corrected chi connectivity index (χ3v) is 0.743. The van der Waals surface area contributed by atoms with Crippen LogP contribution in [0.5, 0.6) is 0 Å². The molecular weight excluding hydrogens is 140 g/mol. The minimum Gasteiger partial charge on any atom is -0.468 e. The number of rotatable bonds is 4. The van der Waals surface area contributed by atoms with Gasteiger partial charge in [0.15, 0.2) is 0 Å². The van der Waals surface area contributed by atoms with E-state index >= 15 is 0 Å². The number of allylic oxidation sites excluding steroid dienone is 3. The molecule has 2 nitrogen and oxygen atoms in total. The standard InChI is InChI=1S/C6H10.C3H6O2/c1-3-5-6-4-2;1-2-5-3-4/h3,5-6H,1,4H2,2H3;3H,2H2,1H3. The van der Waals surface area contributed by atoms with E-state index in [2.05, 4.69) is 24.3 Å². The first-order valence-corrected chi connectivity index (χ1v) is 3.66. The Morgan fingerprint density at radius 3 is 2.18 bits per heavy atom. The number of hydrogen-bond acceptors (Lipinski definition) is 2. The minimum atomic E-state index is 0.431. The Morgan fingerprint density at radius 2 is 2.09 bits per heavy atom. The van der Waals surface area contributed by atoms with Crippen molar-refractivity contribution in [3.63, 3.8) is 0 Å². The van der Waals surface area contributed by atoms with Crippen LogP contribution in [0.2, 0.25) is 0 Å². The summed E-state index contributed by atoms with van der Waals surface area (Å²) in [7, 11) is 0. The van der Waals surface area contributed by atoms with Gasteiger partial charge in [0.05, 0.1) is 6.61 Å². The maximum atomic E-state index is 9.18. The molecule has 0 rings (SSSR count). The minimum absolute atomic E-state index is 0.431. The van der Waals surface area contributed by atoms with Gasteiger partial charge in [0.25, 0.3) is 6.47 Å². The van der Waals surface area contributed by atoms with Gasteiger partial charge in [0, 0.05) is 0 Å². The van der Waals surface area contributed by atoms with Crippen molar-refractivity contribution >= 4 is 6.47 Å². The van der Waals surface area contributed by atoms with Gasteiger partial charge in [-0.05, 0) is 13.3 Å². The van der Waals surface area contributed by atoms with Crippen molar-refractivity contribution in [3.05, 3.63) is 24.8 Å². The molecule has 0 saturated carbocycles. The fraction of sp³-hybridized carbons (Fsp3) is 0.444. The molecule has 0 bridgehead atoms. The molecule has 11 heavy (non-hydrogen) atoms. The molecule has 0 unspecified atom stereocenters. The van der Waals surface area contributed by atoms with Crippen LogP contribution in [0, 0.1) is 0 Å². The van der Waals surface area contributed by atoms with E-state index < -0.39 is 0 Å². The van der Waals surface area contributed by atoms with Gasteiger partial charge in [-0.2, -0.15) is 0 Å². The Bertz CT molecular complexity index is 106. The number of hydrogen-bond donors (Lipinski definition) is 0. The smallest absolute Gasteiger partial charge is 0.293 e. The van der Waals surface area contributed by atoms with Crippen LogP contribution in [0.25, 0.3) is 0 Å². The van der Waals surface area contributed by atoms with E-state index in [1.807, 2.05) is 6.08 Å². The van der Waals surface area contributed by atoms with Crippen LogP contribution in [-0.2, 0) is 9.53 Å². The molecule has 0 fully saturated rings. The maximum absolute atomic E-state index is 9.18. The van der Waals surface area contributed by atoms with Gasteiger partial charge in [0.1, 0.15) is 0 Å². The highest BCUT2D eigenvalue weighted by Crippen LogP contribution is 1.76. The second-order valence-corrected chi connectivity index (χ2v) is 1.62. The zero-order chi connectivity index (χ0) is 8.95. The van der Waals surface area contributed by atoms with Gasteiger partial charge in [-0.3, -0.25) is 4.79 Å². The first kappa shape index (κ1) is 12.6. The summed E-state index contributed by atoms with van der Waals surface area (Å²) in [4.78, 5) is 9.18. The number of carbonyl (C=O) groups is 1. The SMILES string of the molecule is C=CC=CCC.CCOC=O. The van der Waals surface area contributed by atoms with E-state index in [1.165, 1.54) is 0 Å². The zero-order valence-electron chi connectivity index (χ0n) is 7.25. The van der Waals surface area contributed by atoms with Crippen molar-refractivity contribution < 1.29 is 9.53 Å². The lowest BCUT2D eigenvalue weighted by Gasteiger charge is -1.79. The molecule has 0 atom stereocenters. The summed E-state index contributed by atoms with van der Waals surface area (Å²) in [5.74, 6) is 0. The van der Waals surface area contributed by atoms with Crippen LogP contribution >= 0.6 is 0 Å². The topological polar surface area (TPSA) is 26.3 Å². The van der Waals surface area contributed by atoms with Crippen LogP contribution in [0.1, 0.15) is 20.3 Å². The van der Waals surface area contributed by atoms with Crippen molar-refractivity contribution in [2.75, 3.05) is 6.61 Å². The molecule has 0 aromatic rings. The molecule has 0 radical (unpaired) electrons. The molecule has 0 saturated heterocycles. The summed E-state index contributed by atoms with van der Waals surface area (Å²) in [6.07, 6.45) is 6.89. The van der Waals surface area contributed by atoms with Gasteiger partial charge < -0.3 is 4.74 Å². The van der Waals surface area contributed by atoms with E-state index in [0.29, 0.717) is 13.1 Å². The zero-order valence-corrected chi connectivity index (χ0v) is 7.25. The van der Waals surface area contributed by atoms with Gasteiger partial charge in [-0.15, -0.1) is 0 Å². The van der Waals surface area contributed by atoms with Gasteiger partial charge >= 0.3 is 0 Å². The van der Waals surface area contributed by atoms with Crippen LogP contribution in [0.4, 0.5) is 0 Å². The molecule has 0 amide bonds. The second kappa shape index (κ2) is 16.0. The van der Waals surface area contributed by atoms with E-state index in [0.717, 1.165) is 6.42 Å². The van der Waals surface area contributed by atoms with Crippen molar-refractivity contribution in [1.29, 1.82) is 0 Å². The summed E-state index contributed by atoms with van der Waals surface area (Å²) in [5, 5.41) is 0. The average Bonchev–Trinajstić information content (AvgIpc) is 2.04. The Hall–Kier alpha value is -1.05. The fourth-order valence-corrected chi connectivity index (χ4v) is 0.300. The van der Waals surface area contributed by atoms with Gasteiger partial charge in [-0.25, -0.2) is 0 Å². The third-order valence-electron chi connectivity index (χ3n) is 0.743. The summed E-state index contributed by atoms with van der Waals surface area (Å²) in [6.45, 7) is 8.27. The summed E-state index contributed by atoms with van der Waals surface area (Å²) < 4.78 is 4.15. The van der Waals surface area contributed by atoms with E-state index in [4.69, 9.17) is 0 Å². The molecule has 0 N–H and O–H groups in total. The molecule has 0 aromatic heterocycles. The highest BCUT2D eigenvalue weighted by atomic mass is 16.5. The molecule has 0 aliphatic carbocycles. The van der Waals surface area contributed by atoms with Gasteiger partial charge in [0.2, 0.25) is 0 Å².